The zero-order chi connectivity index (χ0) is 11.9. The third kappa shape index (κ3) is 4.01. The van der Waals surface area contributed by atoms with Crippen LogP contribution in [0.15, 0.2) is 42.0 Å². The molecule has 1 aromatic carbocycles. The minimum atomic E-state index is 1.10. The van der Waals surface area contributed by atoms with Gasteiger partial charge in [-0.2, -0.15) is 0 Å². The van der Waals surface area contributed by atoms with Crippen molar-refractivity contribution in [2.24, 2.45) is 0 Å². The van der Waals surface area contributed by atoms with Crippen molar-refractivity contribution in [1.29, 1.82) is 0 Å². The van der Waals surface area contributed by atoms with E-state index in [0.29, 0.717) is 0 Å². The van der Waals surface area contributed by atoms with E-state index in [1.807, 2.05) is 0 Å². The predicted octanol–water partition coefficient (Wildman–Crippen LogP) is 4.01. The molecule has 0 radical (unpaired) electrons. The van der Waals surface area contributed by atoms with Crippen molar-refractivity contribution in [3.8, 4) is 0 Å². The third-order valence-electron chi connectivity index (χ3n) is 3.49. The number of rotatable bonds is 5. The van der Waals surface area contributed by atoms with Crippen LogP contribution in [0.2, 0.25) is 0 Å². The molecule has 0 amide bonds. The first kappa shape index (κ1) is 12.4. The van der Waals surface area contributed by atoms with Crippen LogP contribution in [-0.2, 0) is 6.54 Å². The summed E-state index contributed by atoms with van der Waals surface area (Å²) in [5, 5.41) is 0. The Labute approximate surface area is 105 Å². The van der Waals surface area contributed by atoms with Gasteiger partial charge in [0.05, 0.1) is 0 Å². The first-order chi connectivity index (χ1) is 8.38. The number of nitrogens with zero attached hydrogens (tertiary/aromatic N) is 1. The van der Waals surface area contributed by atoms with Crippen molar-refractivity contribution in [3.05, 3.63) is 47.5 Å². The monoisotopic (exact) mass is 229 g/mol. The highest BCUT2D eigenvalue weighted by Crippen LogP contribution is 2.18. The lowest BCUT2D eigenvalue weighted by molar-refractivity contribution is 0.284. The molecule has 0 fully saturated rings. The summed E-state index contributed by atoms with van der Waals surface area (Å²) in [4.78, 5) is 2.53. The van der Waals surface area contributed by atoms with Crippen molar-refractivity contribution < 1.29 is 0 Å². The predicted molar refractivity (Wildman–Crippen MR) is 73.9 cm³/mol. The summed E-state index contributed by atoms with van der Waals surface area (Å²) < 4.78 is 0. The van der Waals surface area contributed by atoms with E-state index in [2.05, 4.69) is 48.2 Å². The molecule has 2 rings (SSSR count). The first-order valence-corrected chi connectivity index (χ1v) is 6.82. The Morgan fingerprint density at radius 1 is 1.18 bits per heavy atom. The zero-order valence-corrected chi connectivity index (χ0v) is 10.9. The minimum Gasteiger partial charge on any atom is -0.295 e. The Morgan fingerprint density at radius 2 is 2.00 bits per heavy atom. The van der Waals surface area contributed by atoms with Crippen molar-refractivity contribution in [3.63, 3.8) is 0 Å². The van der Waals surface area contributed by atoms with Crippen molar-refractivity contribution in [1.82, 2.24) is 4.90 Å². The zero-order valence-electron chi connectivity index (χ0n) is 10.9. The number of benzene rings is 1. The average molecular weight is 229 g/mol. The van der Waals surface area contributed by atoms with E-state index in [1.165, 1.54) is 37.8 Å². The quantitative estimate of drug-likeness (QED) is 0.690. The number of unbranched alkanes of at least 4 members (excludes halogenated alkanes) is 1. The van der Waals surface area contributed by atoms with E-state index in [-0.39, 0.29) is 0 Å². The molecule has 0 aliphatic carbocycles. The van der Waals surface area contributed by atoms with Gasteiger partial charge in [0.1, 0.15) is 0 Å². The maximum absolute atomic E-state index is 2.53. The molecule has 1 aliphatic rings. The summed E-state index contributed by atoms with van der Waals surface area (Å²) in [5.41, 5.74) is 3.11. The highest BCUT2D eigenvalue weighted by atomic mass is 15.1. The second kappa shape index (κ2) is 6.61. The standard InChI is InChI=1S/C16H23N/c1-2-3-7-15-10-12-17(13-11-15)14-16-8-5-4-6-9-16/h4-6,8-10H,2-3,7,11-14H2,1H3. The van der Waals surface area contributed by atoms with Gasteiger partial charge in [0.15, 0.2) is 0 Å². The molecule has 0 atom stereocenters. The van der Waals surface area contributed by atoms with Crippen LogP contribution in [0.1, 0.15) is 38.2 Å². The van der Waals surface area contributed by atoms with Crippen LogP contribution in [-0.4, -0.2) is 18.0 Å². The van der Waals surface area contributed by atoms with E-state index >= 15 is 0 Å². The fraction of sp³-hybridized carbons (Fsp3) is 0.500. The molecule has 1 aliphatic heterocycles. The van der Waals surface area contributed by atoms with Gasteiger partial charge < -0.3 is 0 Å². The van der Waals surface area contributed by atoms with Gasteiger partial charge in [-0.05, 0) is 24.8 Å². The molecule has 1 aromatic rings. The summed E-state index contributed by atoms with van der Waals surface area (Å²) in [7, 11) is 0. The van der Waals surface area contributed by atoms with Crippen molar-refractivity contribution >= 4 is 0 Å². The molecular formula is C16H23N. The molecule has 1 nitrogen and oxygen atoms in total. The lowest BCUT2D eigenvalue weighted by atomic mass is 10.0. The number of hydrogen-bond donors (Lipinski definition) is 0. The second-order valence-electron chi connectivity index (χ2n) is 4.94. The molecule has 0 bridgehead atoms. The molecule has 0 spiro atoms. The lowest BCUT2D eigenvalue weighted by Gasteiger charge is -2.26. The van der Waals surface area contributed by atoms with E-state index in [4.69, 9.17) is 0 Å². The Hall–Kier alpha value is -1.08. The Balaban J connectivity index is 1.81. The summed E-state index contributed by atoms with van der Waals surface area (Å²) in [6.45, 7) is 5.72. The van der Waals surface area contributed by atoms with Crippen molar-refractivity contribution in [2.45, 2.75) is 39.2 Å². The smallest absolute Gasteiger partial charge is 0.0237 e. The van der Waals surface area contributed by atoms with Gasteiger partial charge in [-0.25, -0.2) is 0 Å². The third-order valence-corrected chi connectivity index (χ3v) is 3.49. The minimum absolute atomic E-state index is 1.10. The van der Waals surface area contributed by atoms with Gasteiger partial charge in [0, 0.05) is 19.6 Å². The maximum atomic E-state index is 2.53. The largest absolute Gasteiger partial charge is 0.295 e. The highest BCUT2D eigenvalue weighted by Gasteiger charge is 2.11. The molecule has 0 N–H and O–H groups in total. The van der Waals surface area contributed by atoms with Crippen LogP contribution in [0.3, 0.4) is 0 Å². The topological polar surface area (TPSA) is 3.24 Å². The molecule has 0 saturated heterocycles. The second-order valence-corrected chi connectivity index (χ2v) is 4.94. The van der Waals surface area contributed by atoms with Gasteiger partial charge in [-0.1, -0.05) is 55.3 Å². The molecule has 92 valence electrons. The first-order valence-electron chi connectivity index (χ1n) is 6.82. The van der Waals surface area contributed by atoms with Crippen LogP contribution < -0.4 is 0 Å². The lowest BCUT2D eigenvalue weighted by Crippen LogP contribution is -2.28. The van der Waals surface area contributed by atoms with E-state index in [0.717, 1.165) is 13.1 Å². The van der Waals surface area contributed by atoms with E-state index in [1.54, 1.807) is 5.57 Å². The van der Waals surface area contributed by atoms with Crippen LogP contribution in [0, 0.1) is 0 Å². The summed E-state index contributed by atoms with van der Waals surface area (Å²) >= 11 is 0. The molecule has 1 heterocycles. The fourth-order valence-electron chi connectivity index (χ4n) is 2.37. The Bertz CT molecular complexity index is 353. The maximum Gasteiger partial charge on any atom is 0.0237 e. The average Bonchev–Trinajstić information content (AvgIpc) is 2.39. The van der Waals surface area contributed by atoms with Gasteiger partial charge >= 0.3 is 0 Å². The fourth-order valence-corrected chi connectivity index (χ4v) is 2.37. The molecule has 0 saturated carbocycles. The number of hydrogen-bond acceptors (Lipinski definition) is 1. The van der Waals surface area contributed by atoms with E-state index in [9.17, 15) is 0 Å². The molecule has 1 heteroatoms. The highest BCUT2D eigenvalue weighted by molar-refractivity contribution is 5.15. The SMILES string of the molecule is CCCCC1=CCN(Cc2ccccc2)CC1. The molecule has 0 aromatic heterocycles. The summed E-state index contributed by atoms with van der Waals surface area (Å²) in [6.07, 6.45) is 7.69. The van der Waals surface area contributed by atoms with Gasteiger partial charge in [0.25, 0.3) is 0 Å². The van der Waals surface area contributed by atoms with Crippen LogP contribution >= 0.6 is 0 Å². The van der Waals surface area contributed by atoms with Crippen LogP contribution in [0.25, 0.3) is 0 Å². The summed E-state index contributed by atoms with van der Waals surface area (Å²) in [6, 6.07) is 10.8. The van der Waals surface area contributed by atoms with E-state index < -0.39 is 0 Å². The van der Waals surface area contributed by atoms with Crippen LogP contribution in [0.5, 0.6) is 0 Å². The summed E-state index contributed by atoms with van der Waals surface area (Å²) in [5.74, 6) is 0. The van der Waals surface area contributed by atoms with Crippen LogP contribution in [0.4, 0.5) is 0 Å². The van der Waals surface area contributed by atoms with Gasteiger partial charge in [-0.15, -0.1) is 0 Å². The van der Waals surface area contributed by atoms with Gasteiger partial charge in [-0.3, -0.25) is 4.90 Å². The Morgan fingerprint density at radius 3 is 2.65 bits per heavy atom. The van der Waals surface area contributed by atoms with Gasteiger partial charge in [0.2, 0.25) is 0 Å². The van der Waals surface area contributed by atoms with Crippen molar-refractivity contribution in [2.75, 3.05) is 13.1 Å². The normalized spacial score (nSPS) is 16.9. The Kier molecular flexibility index (Phi) is 4.81. The molecule has 17 heavy (non-hydrogen) atoms. The molecular weight excluding hydrogens is 206 g/mol. The molecule has 0 unspecified atom stereocenters.